The fourth-order valence-electron chi connectivity index (χ4n) is 3.79. The molecule has 0 aliphatic carbocycles. The zero-order valence-corrected chi connectivity index (χ0v) is 21.3. The molecule has 0 spiro atoms. The average Bonchev–Trinajstić information content (AvgIpc) is 3.47. The van der Waals surface area contributed by atoms with Crippen molar-refractivity contribution >= 4 is 40.1 Å². The van der Waals surface area contributed by atoms with Crippen molar-refractivity contribution < 1.29 is 4.74 Å². The van der Waals surface area contributed by atoms with Crippen LogP contribution in [0.3, 0.4) is 0 Å². The number of nitrogens with zero attached hydrogens (tertiary/aromatic N) is 4. The number of thiazole rings is 2. The van der Waals surface area contributed by atoms with E-state index in [2.05, 4.69) is 30.4 Å². The second kappa shape index (κ2) is 11.7. The van der Waals surface area contributed by atoms with Crippen molar-refractivity contribution in [3.63, 3.8) is 0 Å². The molecule has 0 amide bonds. The van der Waals surface area contributed by atoms with E-state index in [-0.39, 0.29) is 11.6 Å². The maximum atomic E-state index is 12.9. The van der Waals surface area contributed by atoms with Crippen LogP contribution in [0.1, 0.15) is 29.7 Å². The van der Waals surface area contributed by atoms with Crippen LogP contribution in [0.15, 0.2) is 44.9 Å². The summed E-state index contributed by atoms with van der Waals surface area (Å²) in [6, 6.07) is 5.91. The number of aromatic nitrogens is 2. The fourth-order valence-corrected chi connectivity index (χ4v) is 5.56. The normalized spacial score (nSPS) is 18.1. The summed E-state index contributed by atoms with van der Waals surface area (Å²) in [5.41, 5.74) is 4.48. The van der Waals surface area contributed by atoms with Gasteiger partial charge in [0, 0.05) is 24.4 Å². The minimum atomic E-state index is -0.0994. The smallest absolute Gasteiger partial charge is 0.266 e. The number of likely N-dealkylation sites (N-methyl/N-ethyl adjacent to an activating group) is 1. The summed E-state index contributed by atoms with van der Waals surface area (Å²) >= 11 is 2.98. The molecule has 1 unspecified atom stereocenters. The number of azo groups is 1. The lowest BCUT2D eigenvalue weighted by molar-refractivity contribution is 0.261. The molecule has 1 saturated heterocycles. The maximum Gasteiger partial charge on any atom is 0.266 e. The topological polar surface area (TPSA) is 95.0 Å². The van der Waals surface area contributed by atoms with E-state index in [1.165, 1.54) is 11.3 Å². The van der Waals surface area contributed by atoms with Gasteiger partial charge >= 0.3 is 0 Å². The number of rotatable bonds is 8. The number of benzene rings is 1. The molecule has 1 atom stereocenters. The SMILES string of the molecule is Cc1cc(OCCN(C)C)ccc1N=NC=c1[nH]c(=O)c(=C(c2cncs2)C2CCCCN2)s1. The zero-order valence-electron chi connectivity index (χ0n) is 19.7. The van der Waals surface area contributed by atoms with Crippen LogP contribution in [0, 0.1) is 6.92 Å². The molecule has 2 aromatic heterocycles. The number of aromatic amines is 1. The number of ether oxygens (including phenoxy) is 1. The molecule has 34 heavy (non-hydrogen) atoms. The number of hydrogen-bond acceptors (Lipinski definition) is 9. The van der Waals surface area contributed by atoms with Crippen molar-refractivity contribution in [1.29, 1.82) is 0 Å². The Balaban J connectivity index is 1.57. The Labute approximate surface area is 206 Å². The van der Waals surface area contributed by atoms with Gasteiger partial charge in [0.15, 0.2) is 0 Å². The van der Waals surface area contributed by atoms with Gasteiger partial charge in [-0.25, -0.2) is 0 Å². The first-order chi connectivity index (χ1) is 16.5. The van der Waals surface area contributed by atoms with Crippen LogP contribution in [-0.2, 0) is 0 Å². The molecular weight excluding hydrogens is 468 g/mol. The van der Waals surface area contributed by atoms with Gasteiger partial charge in [0.25, 0.3) is 5.56 Å². The predicted molar refractivity (Wildman–Crippen MR) is 139 cm³/mol. The molecular formula is C24H30N6O2S2. The van der Waals surface area contributed by atoms with E-state index in [1.807, 2.05) is 50.9 Å². The highest BCUT2D eigenvalue weighted by Gasteiger charge is 2.22. The molecule has 8 nitrogen and oxygen atoms in total. The summed E-state index contributed by atoms with van der Waals surface area (Å²) in [5, 5.41) is 12.1. The van der Waals surface area contributed by atoms with E-state index >= 15 is 0 Å². The third kappa shape index (κ3) is 6.26. The Kier molecular flexibility index (Phi) is 8.39. The second-order valence-corrected chi connectivity index (χ2v) is 10.4. The number of aryl methyl sites for hydroxylation is 1. The molecule has 0 radical (unpaired) electrons. The molecule has 0 saturated carbocycles. The summed E-state index contributed by atoms with van der Waals surface area (Å²) in [6.07, 6.45) is 6.77. The van der Waals surface area contributed by atoms with E-state index in [0.29, 0.717) is 15.8 Å². The second-order valence-electron chi connectivity index (χ2n) is 8.48. The molecule has 1 aromatic carbocycles. The van der Waals surface area contributed by atoms with Gasteiger partial charge in [-0.3, -0.25) is 9.78 Å². The van der Waals surface area contributed by atoms with E-state index in [0.717, 1.165) is 59.8 Å². The van der Waals surface area contributed by atoms with E-state index in [4.69, 9.17) is 4.74 Å². The van der Waals surface area contributed by atoms with Crippen molar-refractivity contribution in [2.45, 2.75) is 32.2 Å². The molecule has 1 fully saturated rings. The lowest BCUT2D eigenvalue weighted by Crippen LogP contribution is -2.39. The largest absolute Gasteiger partial charge is 0.492 e. The Morgan fingerprint density at radius 3 is 2.94 bits per heavy atom. The summed E-state index contributed by atoms with van der Waals surface area (Å²) in [5.74, 6) is 0.817. The van der Waals surface area contributed by atoms with Crippen LogP contribution in [-0.4, -0.2) is 54.7 Å². The van der Waals surface area contributed by atoms with Crippen molar-refractivity contribution in [3.8, 4) is 5.75 Å². The minimum Gasteiger partial charge on any atom is -0.492 e. The Bertz CT molecular complexity index is 1290. The van der Waals surface area contributed by atoms with Crippen LogP contribution in [0.4, 0.5) is 5.69 Å². The van der Waals surface area contributed by atoms with Gasteiger partial charge in [0.2, 0.25) is 0 Å². The lowest BCUT2D eigenvalue weighted by atomic mass is 9.97. The van der Waals surface area contributed by atoms with Crippen molar-refractivity contribution in [2.24, 2.45) is 10.2 Å². The van der Waals surface area contributed by atoms with Crippen molar-refractivity contribution in [2.75, 3.05) is 33.8 Å². The summed E-state index contributed by atoms with van der Waals surface area (Å²) in [7, 11) is 4.03. The quantitative estimate of drug-likeness (QED) is 0.466. The Morgan fingerprint density at radius 2 is 2.24 bits per heavy atom. The van der Waals surface area contributed by atoms with Gasteiger partial charge in [-0.2, -0.15) is 10.2 Å². The lowest BCUT2D eigenvalue weighted by Gasteiger charge is -2.24. The molecule has 10 heteroatoms. The first-order valence-electron chi connectivity index (χ1n) is 11.4. The highest BCUT2D eigenvalue weighted by molar-refractivity contribution is 7.11. The number of H-pyrrole nitrogens is 1. The average molecular weight is 499 g/mol. The van der Waals surface area contributed by atoms with Crippen LogP contribution in [0.2, 0.25) is 0 Å². The number of hydrogen-bond donors (Lipinski definition) is 2. The first kappa shape index (κ1) is 24.5. The summed E-state index contributed by atoms with van der Waals surface area (Å²) in [4.78, 5) is 23.1. The Morgan fingerprint density at radius 1 is 1.35 bits per heavy atom. The van der Waals surface area contributed by atoms with Gasteiger partial charge < -0.3 is 19.9 Å². The maximum absolute atomic E-state index is 12.9. The van der Waals surface area contributed by atoms with E-state index in [9.17, 15) is 4.79 Å². The molecule has 2 N–H and O–H groups in total. The molecule has 3 heterocycles. The molecule has 3 aromatic rings. The summed E-state index contributed by atoms with van der Waals surface area (Å²) < 4.78 is 7.15. The summed E-state index contributed by atoms with van der Waals surface area (Å²) in [6.45, 7) is 4.43. The molecule has 4 rings (SSSR count). The number of nitrogens with one attached hydrogen (secondary N) is 2. The van der Waals surface area contributed by atoms with Gasteiger partial charge in [0.1, 0.15) is 21.6 Å². The third-order valence-corrected chi connectivity index (χ3v) is 7.42. The van der Waals surface area contributed by atoms with Crippen molar-refractivity contribution in [3.05, 3.63) is 59.9 Å². The van der Waals surface area contributed by atoms with Crippen LogP contribution >= 0.6 is 22.7 Å². The predicted octanol–water partition coefficient (Wildman–Crippen LogP) is 3.00. The van der Waals surface area contributed by atoms with Crippen molar-refractivity contribution in [1.82, 2.24) is 20.2 Å². The zero-order chi connectivity index (χ0) is 23.9. The molecule has 1 aliphatic rings. The highest BCUT2D eigenvalue weighted by atomic mass is 32.1. The van der Waals surface area contributed by atoms with Gasteiger partial charge in [-0.15, -0.1) is 22.7 Å². The van der Waals surface area contributed by atoms with E-state index < -0.39 is 0 Å². The molecule has 1 aliphatic heterocycles. The van der Waals surface area contributed by atoms with Crippen LogP contribution in [0.5, 0.6) is 5.75 Å². The molecule has 0 bridgehead atoms. The van der Waals surface area contributed by atoms with Crippen LogP contribution < -0.4 is 24.8 Å². The minimum absolute atomic E-state index is 0.0994. The van der Waals surface area contributed by atoms with E-state index in [1.54, 1.807) is 17.5 Å². The standard InChI is InChI=1S/C24H30N6O2S2/c1-16-12-17(32-11-10-30(2)3)7-8-18(16)29-27-14-21-28-24(31)23(34-21)22(20-13-25-15-33-20)19-6-4-5-9-26-19/h7-8,12-15,19,26H,4-6,9-11H2,1-3H3,(H,28,31). The fraction of sp³-hybridized carbons (Fsp3) is 0.417. The first-order valence-corrected chi connectivity index (χ1v) is 13.1. The van der Waals surface area contributed by atoms with Crippen LogP contribution in [0.25, 0.3) is 11.8 Å². The monoisotopic (exact) mass is 498 g/mol. The number of piperidine rings is 1. The third-order valence-electron chi connectivity index (χ3n) is 5.57. The van der Waals surface area contributed by atoms with Gasteiger partial charge in [0.05, 0.1) is 22.3 Å². The van der Waals surface area contributed by atoms with Gasteiger partial charge in [-0.05, 0) is 64.2 Å². The highest BCUT2D eigenvalue weighted by Crippen LogP contribution is 2.25. The molecule has 180 valence electrons. The Hall–Kier alpha value is -2.66. The van der Waals surface area contributed by atoms with Gasteiger partial charge in [-0.1, -0.05) is 6.42 Å².